The van der Waals surface area contributed by atoms with E-state index in [9.17, 15) is 4.79 Å². The molecule has 122 valence electrons. The number of carbonyl (C=O) groups is 1. The number of nitrogens with two attached hydrogens (primary N) is 1. The molecule has 2 aromatic rings. The molecular formula is C15H23ClN4OS. The number of H-pyrrole nitrogens is 1. The Labute approximate surface area is 141 Å². The summed E-state index contributed by atoms with van der Waals surface area (Å²) in [6.45, 7) is 4.62. The first kappa shape index (κ1) is 18.8. The molecule has 1 aromatic carbocycles. The number of carbonyl (C=O) groups excluding carboxylic acids is 1. The molecule has 1 heterocycles. The van der Waals surface area contributed by atoms with Gasteiger partial charge in [-0.25, -0.2) is 4.98 Å². The molecule has 5 nitrogen and oxygen atoms in total. The summed E-state index contributed by atoms with van der Waals surface area (Å²) >= 11 is 1.57. The highest BCUT2D eigenvalue weighted by Gasteiger charge is 2.13. The minimum absolute atomic E-state index is 0. The number of imidazole rings is 1. The van der Waals surface area contributed by atoms with Crippen LogP contribution in [0.1, 0.15) is 31.3 Å². The van der Waals surface area contributed by atoms with Gasteiger partial charge in [-0.3, -0.25) is 4.79 Å². The highest BCUT2D eigenvalue weighted by Crippen LogP contribution is 2.27. The summed E-state index contributed by atoms with van der Waals surface area (Å²) in [5, 5.41) is 3.03. The van der Waals surface area contributed by atoms with Crippen LogP contribution in [0.2, 0.25) is 0 Å². The van der Waals surface area contributed by atoms with Gasteiger partial charge in [-0.15, -0.1) is 24.2 Å². The van der Waals surface area contributed by atoms with Gasteiger partial charge in [0.15, 0.2) is 0 Å². The molecule has 4 N–H and O–H groups in total. The van der Waals surface area contributed by atoms with Gasteiger partial charge < -0.3 is 16.0 Å². The molecule has 0 bridgehead atoms. The van der Waals surface area contributed by atoms with E-state index in [4.69, 9.17) is 5.73 Å². The Morgan fingerprint density at radius 3 is 2.82 bits per heavy atom. The number of rotatable bonds is 7. The highest BCUT2D eigenvalue weighted by atomic mass is 35.5. The Kier molecular flexibility index (Phi) is 7.72. The van der Waals surface area contributed by atoms with Gasteiger partial charge in [-0.05, 0) is 32.4 Å². The molecule has 0 saturated heterocycles. The fourth-order valence-corrected chi connectivity index (χ4v) is 2.71. The van der Waals surface area contributed by atoms with Gasteiger partial charge in [0, 0.05) is 12.6 Å². The molecule has 7 heteroatoms. The van der Waals surface area contributed by atoms with Crippen LogP contribution in [0, 0.1) is 0 Å². The SMILES string of the molecule is CC(N)CCNC(=O)CSC(C)c1nc2ccccc2[nH]1.Cl. The standard InChI is InChI=1S/C15H22N4OS.ClH/c1-10(16)7-8-17-14(20)9-21-11(2)15-18-12-5-3-4-6-13(12)19-15;/h3-6,10-11H,7-9,16H2,1-2H3,(H,17,20)(H,18,19);1H. The van der Waals surface area contributed by atoms with Crippen molar-refractivity contribution in [2.45, 2.75) is 31.6 Å². The number of fused-ring (bicyclic) bond motifs is 1. The predicted molar refractivity (Wildman–Crippen MR) is 95.5 cm³/mol. The van der Waals surface area contributed by atoms with E-state index in [2.05, 4.69) is 22.2 Å². The Hall–Kier alpha value is -1.24. The lowest BCUT2D eigenvalue weighted by molar-refractivity contribution is -0.118. The number of aromatic nitrogens is 2. The van der Waals surface area contributed by atoms with Gasteiger partial charge in [-0.2, -0.15) is 0 Å². The summed E-state index contributed by atoms with van der Waals surface area (Å²) in [6, 6.07) is 8.05. The van der Waals surface area contributed by atoms with Crippen LogP contribution in [0.25, 0.3) is 11.0 Å². The molecule has 0 radical (unpaired) electrons. The normalized spacial score (nSPS) is 13.4. The Morgan fingerprint density at radius 1 is 1.41 bits per heavy atom. The Morgan fingerprint density at radius 2 is 2.14 bits per heavy atom. The van der Waals surface area contributed by atoms with Crippen LogP contribution in [0.3, 0.4) is 0 Å². The maximum Gasteiger partial charge on any atom is 0.230 e. The first-order valence-electron chi connectivity index (χ1n) is 7.15. The molecule has 0 fully saturated rings. The van der Waals surface area contributed by atoms with E-state index in [1.165, 1.54) is 0 Å². The van der Waals surface area contributed by atoms with Crippen molar-refractivity contribution in [1.82, 2.24) is 15.3 Å². The summed E-state index contributed by atoms with van der Waals surface area (Å²) in [6.07, 6.45) is 0.801. The topological polar surface area (TPSA) is 83.8 Å². The van der Waals surface area contributed by atoms with E-state index in [1.54, 1.807) is 11.8 Å². The molecule has 2 unspecified atom stereocenters. The van der Waals surface area contributed by atoms with E-state index in [1.807, 2.05) is 31.2 Å². The third-order valence-electron chi connectivity index (χ3n) is 3.18. The number of amides is 1. The van der Waals surface area contributed by atoms with Crippen molar-refractivity contribution in [1.29, 1.82) is 0 Å². The lowest BCUT2D eigenvalue weighted by atomic mass is 10.2. The number of para-hydroxylation sites is 2. The summed E-state index contributed by atoms with van der Waals surface area (Å²) in [5.74, 6) is 1.38. The molecule has 1 amide bonds. The van der Waals surface area contributed by atoms with E-state index in [0.29, 0.717) is 12.3 Å². The maximum absolute atomic E-state index is 11.7. The lowest BCUT2D eigenvalue weighted by Gasteiger charge is -2.09. The zero-order valence-electron chi connectivity index (χ0n) is 12.8. The first-order valence-corrected chi connectivity index (χ1v) is 8.19. The van der Waals surface area contributed by atoms with Crippen molar-refractivity contribution >= 4 is 41.1 Å². The van der Waals surface area contributed by atoms with E-state index >= 15 is 0 Å². The average Bonchev–Trinajstić information content (AvgIpc) is 2.88. The van der Waals surface area contributed by atoms with Crippen molar-refractivity contribution in [2.75, 3.05) is 12.3 Å². The van der Waals surface area contributed by atoms with E-state index in [0.717, 1.165) is 23.3 Å². The molecule has 2 rings (SSSR count). The van der Waals surface area contributed by atoms with Crippen LogP contribution in [0.5, 0.6) is 0 Å². The predicted octanol–water partition coefficient (Wildman–Crippen LogP) is 2.63. The number of nitrogens with one attached hydrogen (secondary N) is 2. The van der Waals surface area contributed by atoms with Crippen LogP contribution in [0.15, 0.2) is 24.3 Å². The molecule has 22 heavy (non-hydrogen) atoms. The number of halogens is 1. The highest BCUT2D eigenvalue weighted by molar-refractivity contribution is 8.00. The molecule has 0 saturated carbocycles. The summed E-state index contributed by atoms with van der Waals surface area (Å²) < 4.78 is 0. The van der Waals surface area contributed by atoms with Gasteiger partial charge in [0.2, 0.25) is 5.91 Å². The van der Waals surface area contributed by atoms with Crippen molar-refractivity contribution < 1.29 is 4.79 Å². The smallest absolute Gasteiger partial charge is 0.230 e. The summed E-state index contributed by atoms with van der Waals surface area (Å²) in [5.41, 5.74) is 7.63. The molecular weight excluding hydrogens is 320 g/mol. The van der Waals surface area contributed by atoms with Crippen molar-refractivity contribution in [3.8, 4) is 0 Å². The summed E-state index contributed by atoms with van der Waals surface area (Å²) in [7, 11) is 0. The van der Waals surface area contributed by atoms with Crippen LogP contribution in [-0.4, -0.2) is 34.2 Å². The van der Waals surface area contributed by atoms with Gasteiger partial charge in [0.25, 0.3) is 0 Å². The van der Waals surface area contributed by atoms with E-state index in [-0.39, 0.29) is 29.6 Å². The number of benzene rings is 1. The van der Waals surface area contributed by atoms with Crippen LogP contribution in [0.4, 0.5) is 0 Å². The monoisotopic (exact) mass is 342 g/mol. The quantitative estimate of drug-likeness (QED) is 0.722. The largest absolute Gasteiger partial charge is 0.355 e. The van der Waals surface area contributed by atoms with Gasteiger partial charge in [0.1, 0.15) is 5.82 Å². The minimum atomic E-state index is 0. The molecule has 2 atom stereocenters. The second-order valence-corrected chi connectivity index (χ2v) is 6.54. The molecule has 0 aliphatic carbocycles. The zero-order valence-corrected chi connectivity index (χ0v) is 14.5. The lowest BCUT2D eigenvalue weighted by Crippen LogP contribution is -2.30. The third kappa shape index (κ3) is 5.51. The minimum Gasteiger partial charge on any atom is -0.355 e. The second kappa shape index (κ2) is 9.02. The second-order valence-electron chi connectivity index (χ2n) is 5.21. The van der Waals surface area contributed by atoms with Crippen molar-refractivity contribution in [3.05, 3.63) is 30.1 Å². The Bertz CT molecular complexity index is 569. The zero-order chi connectivity index (χ0) is 15.2. The van der Waals surface area contributed by atoms with Crippen LogP contribution < -0.4 is 11.1 Å². The number of thioether (sulfide) groups is 1. The van der Waals surface area contributed by atoms with Crippen molar-refractivity contribution in [3.63, 3.8) is 0 Å². The molecule has 0 spiro atoms. The Balaban J connectivity index is 0.00000242. The van der Waals surface area contributed by atoms with Gasteiger partial charge >= 0.3 is 0 Å². The van der Waals surface area contributed by atoms with Gasteiger partial charge in [0.05, 0.1) is 22.0 Å². The number of hydrogen-bond acceptors (Lipinski definition) is 4. The summed E-state index contributed by atoms with van der Waals surface area (Å²) in [4.78, 5) is 19.6. The van der Waals surface area contributed by atoms with E-state index < -0.39 is 0 Å². The molecule has 1 aromatic heterocycles. The number of nitrogens with zero attached hydrogens (tertiary/aromatic N) is 1. The average molecular weight is 343 g/mol. The third-order valence-corrected chi connectivity index (χ3v) is 4.33. The van der Waals surface area contributed by atoms with Crippen molar-refractivity contribution in [2.24, 2.45) is 5.73 Å². The first-order chi connectivity index (χ1) is 10.1. The maximum atomic E-state index is 11.7. The van der Waals surface area contributed by atoms with Crippen LogP contribution >= 0.6 is 24.2 Å². The van der Waals surface area contributed by atoms with Gasteiger partial charge in [-0.1, -0.05) is 12.1 Å². The molecule has 0 aliphatic heterocycles. The molecule has 0 aliphatic rings. The number of hydrogen-bond donors (Lipinski definition) is 3. The fourth-order valence-electron chi connectivity index (χ4n) is 1.93. The van der Waals surface area contributed by atoms with Crippen LogP contribution in [-0.2, 0) is 4.79 Å². The number of aromatic amines is 1. The fraction of sp³-hybridized carbons (Fsp3) is 0.467.